The van der Waals surface area contributed by atoms with Crippen LogP contribution >= 0.6 is 11.6 Å². The van der Waals surface area contributed by atoms with Gasteiger partial charge in [0.05, 0.1) is 23.7 Å². The molecule has 0 bridgehead atoms. The number of nitrogens with zero attached hydrogens (tertiary/aromatic N) is 3. The second-order valence-corrected chi connectivity index (χ2v) is 7.42. The average Bonchev–Trinajstić information content (AvgIpc) is 2.98. The van der Waals surface area contributed by atoms with E-state index >= 15 is 0 Å². The molecule has 2 N–H and O–H groups in total. The van der Waals surface area contributed by atoms with E-state index in [-0.39, 0.29) is 11.7 Å². The lowest BCUT2D eigenvalue weighted by Gasteiger charge is -2.11. The number of ether oxygens (including phenoxy) is 1. The van der Waals surface area contributed by atoms with Crippen molar-refractivity contribution in [2.45, 2.75) is 32.9 Å². The predicted molar refractivity (Wildman–Crippen MR) is 115 cm³/mol. The van der Waals surface area contributed by atoms with E-state index < -0.39 is 5.97 Å². The Bertz CT molecular complexity index is 1200. The fourth-order valence-electron chi connectivity index (χ4n) is 3.18. The number of benzene rings is 2. The summed E-state index contributed by atoms with van der Waals surface area (Å²) in [5, 5.41) is 0.655. The lowest BCUT2D eigenvalue weighted by molar-refractivity contribution is 0.0338. The first-order valence-corrected chi connectivity index (χ1v) is 9.85. The van der Waals surface area contributed by atoms with Crippen LogP contribution in [0.3, 0.4) is 0 Å². The minimum absolute atomic E-state index is 0.218. The molecule has 7 heteroatoms. The number of fused-ring (bicyclic) bond motifs is 2. The van der Waals surface area contributed by atoms with Crippen LogP contribution in [0.2, 0.25) is 5.02 Å². The van der Waals surface area contributed by atoms with E-state index in [0.717, 1.165) is 11.1 Å². The Labute approximate surface area is 173 Å². The largest absolute Gasteiger partial charge is 0.459 e. The van der Waals surface area contributed by atoms with Crippen molar-refractivity contribution < 1.29 is 9.53 Å². The number of anilines is 1. The number of nitrogen functional groups attached to an aromatic ring is 1. The van der Waals surface area contributed by atoms with Gasteiger partial charge in [0.25, 0.3) is 0 Å². The van der Waals surface area contributed by atoms with Crippen molar-refractivity contribution in [1.82, 2.24) is 14.5 Å². The summed E-state index contributed by atoms with van der Waals surface area (Å²) < 4.78 is 7.35. The first-order valence-electron chi connectivity index (χ1n) is 9.47. The van der Waals surface area contributed by atoms with Crippen molar-refractivity contribution in [3.8, 4) is 0 Å². The summed E-state index contributed by atoms with van der Waals surface area (Å²) in [5.41, 5.74) is 10.1. The third-order valence-corrected chi connectivity index (χ3v) is 5.18. The maximum atomic E-state index is 12.9. The minimum atomic E-state index is -0.485. The van der Waals surface area contributed by atoms with Crippen LogP contribution in [-0.4, -0.2) is 26.6 Å². The molecule has 6 nitrogen and oxygen atoms in total. The summed E-state index contributed by atoms with van der Waals surface area (Å²) in [6, 6.07) is 15.0. The van der Waals surface area contributed by atoms with E-state index in [1.54, 1.807) is 4.57 Å². The van der Waals surface area contributed by atoms with Gasteiger partial charge in [-0.05, 0) is 43.2 Å². The number of para-hydroxylation sites is 2. The van der Waals surface area contributed by atoms with Crippen molar-refractivity contribution in [1.29, 1.82) is 0 Å². The van der Waals surface area contributed by atoms with Crippen molar-refractivity contribution in [3.05, 3.63) is 64.7 Å². The summed E-state index contributed by atoms with van der Waals surface area (Å²) in [7, 11) is 0. The molecule has 2 heterocycles. The molecule has 0 radical (unpaired) electrons. The minimum Gasteiger partial charge on any atom is -0.459 e. The van der Waals surface area contributed by atoms with E-state index in [4.69, 9.17) is 27.1 Å². The number of nitrogens with two attached hydrogens (primary N) is 1. The monoisotopic (exact) mass is 408 g/mol. The lowest BCUT2D eigenvalue weighted by Crippen LogP contribution is -2.16. The van der Waals surface area contributed by atoms with E-state index in [1.807, 2.05) is 62.4 Å². The summed E-state index contributed by atoms with van der Waals surface area (Å²) >= 11 is 6.00. The number of halogens is 1. The highest BCUT2D eigenvalue weighted by atomic mass is 35.5. The second kappa shape index (κ2) is 7.72. The maximum absolute atomic E-state index is 12.9. The molecule has 0 saturated heterocycles. The van der Waals surface area contributed by atoms with Gasteiger partial charge < -0.3 is 15.0 Å². The zero-order valence-electron chi connectivity index (χ0n) is 16.2. The van der Waals surface area contributed by atoms with Crippen LogP contribution < -0.4 is 5.73 Å². The number of carbonyl (C=O) groups is 1. The molecule has 29 heavy (non-hydrogen) atoms. The topological polar surface area (TPSA) is 83.0 Å². The van der Waals surface area contributed by atoms with Gasteiger partial charge in [-0.2, -0.15) is 0 Å². The van der Waals surface area contributed by atoms with Gasteiger partial charge in [-0.25, -0.2) is 14.8 Å². The molecule has 0 saturated carbocycles. The van der Waals surface area contributed by atoms with Crippen molar-refractivity contribution in [2.75, 3.05) is 5.73 Å². The van der Waals surface area contributed by atoms with Gasteiger partial charge in [0, 0.05) is 5.02 Å². The quantitative estimate of drug-likeness (QED) is 0.478. The summed E-state index contributed by atoms with van der Waals surface area (Å²) in [6.07, 6.45) is 0.494. The van der Waals surface area contributed by atoms with E-state index in [0.29, 0.717) is 40.5 Å². The van der Waals surface area contributed by atoms with Crippen LogP contribution in [0, 0.1) is 0 Å². The molecule has 0 spiro atoms. The third kappa shape index (κ3) is 3.63. The second-order valence-electron chi connectivity index (χ2n) is 6.98. The molecule has 0 aliphatic rings. The molecule has 0 fully saturated rings. The van der Waals surface area contributed by atoms with E-state index in [9.17, 15) is 4.79 Å². The molecule has 2 aromatic carbocycles. The Morgan fingerprint density at radius 3 is 2.45 bits per heavy atom. The lowest BCUT2D eigenvalue weighted by atomic mass is 10.2. The molecule has 2 aromatic heterocycles. The standard InChI is InChI=1S/C22H21ClN4O2/c1-3-13(2)29-22(28)18-19-21(26-17-7-5-4-6-16(17)25-19)27(20(18)24)12-14-8-10-15(23)11-9-14/h4-11,13H,3,12,24H2,1-2H3/t13-/m1/s1. The summed E-state index contributed by atoms with van der Waals surface area (Å²) in [4.78, 5) is 22.3. The molecule has 4 rings (SSSR count). The molecular weight excluding hydrogens is 388 g/mol. The third-order valence-electron chi connectivity index (χ3n) is 4.93. The van der Waals surface area contributed by atoms with Gasteiger partial charge in [-0.15, -0.1) is 0 Å². The Kier molecular flexibility index (Phi) is 5.11. The molecule has 0 aliphatic carbocycles. The number of carbonyl (C=O) groups excluding carboxylic acids is 1. The van der Waals surface area contributed by atoms with E-state index in [2.05, 4.69) is 4.98 Å². The Morgan fingerprint density at radius 1 is 1.14 bits per heavy atom. The van der Waals surface area contributed by atoms with Crippen LogP contribution in [0.4, 0.5) is 5.82 Å². The molecule has 0 amide bonds. The predicted octanol–water partition coefficient (Wildman–Crippen LogP) is 4.82. The van der Waals surface area contributed by atoms with Gasteiger partial charge in [0.2, 0.25) is 0 Å². The van der Waals surface area contributed by atoms with Gasteiger partial charge >= 0.3 is 5.97 Å². The number of aromatic nitrogens is 3. The fourth-order valence-corrected chi connectivity index (χ4v) is 3.30. The summed E-state index contributed by atoms with van der Waals surface area (Å²) in [6.45, 7) is 4.24. The van der Waals surface area contributed by atoms with Crippen molar-refractivity contribution >= 4 is 45.6 Å². The molecule has 0 unspecified atom stereocenters. The van der Waals surface area contributed by atoms with Gasteiger partial charge in [-0.1, -0.05) is 42.8 Å². The zero-order chi connectivity index (χ0) is 20.5. The SMILES string of the molecule is CC[C@@H](C)OC(=O)c1c(N)n(Cc2ccc(Cl)cc2)c2nc3ccccc3nc12. The van der Waals surface area contributed by atoms with Gasteiger partial charge in [-0.3, -0.25) is 0 Å². The highest BCUT2D eigenvalue weighted by molar-refractivity contribution is 6.30. The first kappa shape index (κ1) is 19.2. The van der Waals surface area contributed by atoms with Crippen LogP contribution in [0.1, 0.15) is 36.2 Å². The number of hydrogen-bond donors (Lipinski definition) is 1. The first-order chi connectivity index (χ1) is 14.0. The highest BCUT2D eigenvalue weighted by Crippen LogP contribution is 2.30. The smallest absolute Gasteiger partial charge is 0.344 e. The maximum Gasteiger partial charge on any atom is 0.344 e. The number of hydrogen-bond acceptors (Lipinski definition) is 5. The van der Waals surface area contributed by atoms with E-state index in [1.165, 1.54) is 0 Å². The Balaban J connectivity index is 1.91. The molecule has 4 aromatic rings. The molecule has 1 atom stereocenters. The molecule has 148 valence electrons. The zero-order valence-corrected chi connectivity index (χ0v) is 17.0. The van der Waals surface area contributed by atoms with Crippen LogP contribution in [0.15, 0.2) is 48.5 Å². The van der Waals surface area contributed by atoms with Gasteiger partial charge in [0.1, 0.15) is 16.9 Å². The number of esters is 1. The molecular formula is C22H21ClN4O2. The van der Waals surface area contributed by atoms with Crippen LogP contribution in [-0.2, 0) is 11.3 Å². The van der Waals surface area contributed by atoms with Crippen molar-refractivity contribution in [3.63, 3.8) is 0 Å². The fraction of sp³-hybridized carbons (Fsp3) is 0.227. The summed E-state index contributed by atoms with van der Waals surface area (Å²) in [5.74, 6) is -0.195. The van der Waals surface area contributed by atoms with Crippen molar-refractivity contribution in [2.24, 2.45) is 0 Å². The Hall–Kier alpha value is -3.12. The van der Waals surface area contributed by atoms with Crippen LogP contribution in [0.25, 0.3) is 22.2 Å². The van der Waals surface area contributed by atoms with Crippen LogP contribution in [0.5, 0.6) is 0 Å². The van der Waals surface area contributed by atoms with Gasteiger partial charge in [0.15, 0.2) is 5.65 Å². The Morgan fingerprint density at radius 2 is 1.79 bits per heavy atom. The highest BCUT2D eigenvalue weighted by Gasteiger charge is 2.26. The molecule has 0 aliphatic heterocycles. The average molecular weight is 409 g/mol. The normalized spacial score (nSPS) is 12.4. The number of rotatable bonds is 5.